The zero-order valence-corrected chi connectivity index (χ0v) is 9.15. The molecule has 0 aromatic carbocycles. The van der Waals surface area contributed by atoms with E-state index in [1.54, 1.807) is 0 Å². The van der Waals surface area contributed by atoms with E-state index in [4.69, 9.17) is 11.6 Å². The van der Waals surface area contributed by atoms with Gasteiger partial charge in [-0.15, -0.1) is 0 Å². The zero-order chi connectivity index (χ0) is 9.68. The van der Waals surface area contributed by atoms with Crippen LogP contribution in [-0.2, 0) is 4.79 Å². The Kier molecular flexibility index (Phi) is 4.79. The van der Waals surface area contributed by atoms with E-state index >= 15 is 0 Å². The molecule has 1 rings (SSSR count). The summed E-state index contributed by atoms with van der Waals surface area (Å²) in [7, 11) is 0. The minimum absolute atomic E-state index is 0.113. The molecule has 1 aliphatic carbocycles. The predicted octanol–water partition coefficient (Wildman–Crippen LogP) is 3.75. The number of hydrogen-bond acceptors (Lipinski definition) is 1. The lowest BCUT2D eigenvalue weighted by Crippen LogP contribution is -2.03. The van der Waals surface area contributed by atoms with Gasteiger partial charge in [-0.2, -0.15) is 0 Å². The van der Waals surface area contributed by atoms with Gasteiger partial charge in [0, 0.05) is 5.92 Å². The molecule has 0 aromatic rings. The SMILES string of the molecule is CCCCC[C@H]1CC[C@H](C(=O)Cl)C1. The van der Waals surface area contributed by atoms with Crippen LogP contribution in [0.2, 0.25) is 0 Å². The van der Waals surface area contributed by atoms with Crippen molar-refractivity contribution >= 4 is 16.8 Å². The average Bonchev–Trinajstić information content (AvgIpc) is 2.53. The van der Waals surface area contributed by atoms with Crippen LogP contribution >= 0.6 is 11.6 Å². The first-order valence-corrected chi connectivity index (χ1v) is 5.81. The van der Waals surface area contributed by atoms with Crippen molar-refractivity contribution in [2.75, 3.05) is 0 Å². The van der Waals surface area contributed by atoms with Crippen molar-refractivity contribution in [2.45, 2.75) is 51.9 Å². The molecule has 0 saturated heterocycles. The van der Waals surface area contributed by atoms with Crippen LogP contribution in [0.25, 0.3) is 0 Å². The first kappa shape index (κ1) is 11.0. The highest BCUT2D eigenvalue weighted by atomic mass is 35.5. The van der Waals surface area contributed by atoms with Gasteiger partial charge in [0.1, 0.15) is 0 Å². The highest BCUT2D eigenvalue weighted by Gasteiger charge is 2.28. The third kappa shape index (κ3) is 3.68. The fourth-order valence-corrected chi connectivity index (χ4v) is 2.42. The Hall–Kier alpha value is -0.0400. The third-order valence-electron chi connectivity index (χ3n) is 3.08. The predicted molar refractivity (Wildman–Crippen MR) is 55.8 cm³/mol. The Morgan fingerprint density at radius 2 is 2.15 bits per heavy atom. The quantitative estimate of drug-likeness (QED) is 0.490. The number of unbranched alkanes of at least 4 members (excludes halogenated alkanes) is 2. The summed E-state index contributed by atoms with van der Waals surface area (Å²) in [4.78, 5) is 10.9. The van der Waals surface area contributed by atoms with Crippen LogP contribution in [0, 0.1) is 11.8 Å². The second-order valence-electron chi connectivity index (χ2n) is 4.18. The Morgan fingerprint density at radius 1 is 1.38 bits per heavy atom. The van der Waals surface area contributed by atoms with Crippen molar-refractivity contribution in [3.05, 3.63) is 0 Å². The van der Waals surface area contributed by atoms with Gasteiger partial charge in [-0.3, -0.25) is 4.79 Å². The maximum Gasteiger partial charge on any atom is 0.224 e. The molecule has 0 unspecified atom stereocenters. The maximum atomic E-state index is 10.9. The molecule has 0 N–H and O–H groups in total. The summed E-state index contributed by atoms with van der Waals surface area (Å²) in [5.74, 6) is 0.951. The average molecular weight is 203 g/mol. The molecule has 1 fully saturated rings. The molecule has 76 valence electrons. The van der Waals surface area contributed by atoms with E-state index in [1.165, 1.54) is 32.1 Å². The minimum atomic E-state index is -0.113. The molecule has 0 heterocycles. The molecule has 0 aromatic heterocycles. The maximum absolute atomic E-state index is 10.9. The van der Waals surface area contributed by atoms with Crippen LogP contribution in [0.3, 0.4) is 0 Å². The highest BCUT2D eigenvalue weighted by Crippen LogP contribution is 2.35. The molecule has 2 heteroatoms. The Labute approximate surface area is 85.8 Å². The van der Waals surface area contributed by atoms with Crippen LogP contribution in [0.1, 0.15) is 51.9 Å². The standard InChI is InChI=1S/C11H19ClO/c1-2-3-4-5-9-6-7-10(8-9)11(12)13/h9-10H,2-8H2,1H3/t9-,10-/m0/s1. The second kappa shape index (κ2) is 5.64. The van der Waals surface area contributed by atoms with E-state index in [2.05, 4.69) is 6.92 Å². The van der Waals surface area contributed by atoms with E-state index in [9.17, 15) is 4.79 Å². The van der Waals surface area contributed by atoms with Gasteiger partial charge < -0.3 is 0 Å². The van der Waals surface area contributed by atoms with Crippen molar-refractivity contribution < 1.29 is 4.79 Å². The van der Waals surface area contributed by atoms with Crippen molar-refractivity contribution in [1.29, 1.82) is 0 Å². The summed E-state index contributed by atoms with van der Waals surface area (Å²) in [5.41, 5.74) is 0. The van der Waals surface area contributed by atoms with E-state index in [0.717, 1.165) is 18.8 Å². The van der Waals surface area contributed by atoms with Gasteiger partial charge in [-0.1, -0.05) is 32.6 Å². The minimum Gasteiger partial charge on any atom is -0.281 e. The number of hydrogen-bond donors (Lipinski definition) is 0. The Morgan fingerprint density at radius 3 is 2.69 bits per heavy atom. The lowest BCUT2D eigenvalue weighted by molar-refractivity contribution is -0.115. The first-order chi connectivity index (χ1) is 6.24. The molecule has 13 heavy (non-hydrogen) atoms. The molecule has 2 atom stereocenters. The number of carbonyl (C=O) groups is 1. The number of rotatable bonds is 5. The molecular weight excluding hydrogens is 184 g/mol. The fraction of sp³-hybridized carbons (Fsp3) is 0.909. The van der Waals surface area contributed by atoms with Gasteiger partial charge in [0.05, 0.1) is 0 Å². The fourth-order valence-electron chi connectivity index (χ4n) is 2.23. The van der Waals surface area contributed by atoms with Crippen LogP contribution < -0.4 is 0 Å². The normalized spacial score (nSPS) is 27.8. The highest BCUT2D eigenvalue weighted by molar-refractivity contribution is 6.64. The van der Waals surface area contributed by atoms with Crippen LogP contribution in [0.4, 0.5) is 0 Å². The van der Waals surface area contributed by atoms with Crippen molar-refractivity contribution in [2.24, 2.45) is 11.8 Å². The van der Waals surface area contributed by atoms with Crippen LogP contribution in [-0.4, -0.2) is 5.24 Å². The largest absolute Gasteiger partial charge is 0.281 e. The summed E-state index contributed by atoms with van der Waals surface area (Å²) in [6.07, 6.45) is 8.53. The molecule has 1 nitrogen and oxygen atoms in total. The van der Waals surface area contributed by atoms with Gasteiger partial charge in [-0.25, -0.2) is 0 Å². The number of carbonyl (C=O) groups excluding carboxylic acids is 1. The molecule has 0 aliphatic heterocycles. The van der Waals surface area contributed by atoms with E-state index in [-0.39, 0.29) is 11.2 Å². The Bertz CT molecular complexity index is 167. The lowest BCUT2D eigenvalue weighted by Gasteiger charge is -2.07. The van der Waals surface area contributed by atoms with E-state index < -0.39 is 0 Å². The molecule has 0 amide bonds. The van der Waals surface area contributed by atoms with Gasteiger partial charge in [0.15, 0.2) is 0 Å². The molecule has 0 radical (unpaired) electrons. The van der Waals surface area contributed by atoms with Gasteiger partial charge in [0.2, 0.25) is 5.24 Å². The monoisotopic (exact) mass is 202 g/mol. The number of halogens is 1. The van der Waals surface area contributed by atoms with Crippen LogP contribution in [0.5, 0.6) is 0 Å². The topological polar surface area (TPSA) is 17.1 Å². The van der Waals surface area contributed by atoms with Crippen molar-refractivity contribution in [3.8, 4) is 0 Å². The van der Waals surface area contributed by atoms with Gasteiger partial charge in [0.25, 0.3) is 0 Å². The Balaban J connectivity index is 2.14. The first-order valence-electron chi connectivity index (χ1n) is 5.43. The molecular formula is C11H19ClO. The summed E-state index contributed by atoms with van der Waals surface area (Å²) >= 11 is 5.47. The van der Waals surface area contributed by atoms with Crippen LogP contribution in [0.15, 0.2) is 0 Å². The second-order valence-corrected chi connectivity index (χ2v) is 4.55. The molecule has 1 aliphatic rings. The lowest BCUT2D eigenvalue weighted by atomic mass is 9.99. The molecule has 0 bridgehead atoms. The van der Waals surface area contributed by atoms with Gasteiger partial charge >= 0.3 is 0 Å². The molecule has 0 spiro atoms. The van der Waals surface area contributed by atoms with E-state index in [0.29, 0.717) is 0 Å². The smallest absolute Gasteiger partial charge is 0.224 e. The van der Waals surface area contributed by atoms with Crippen molar-refractivity contribution in [3.63, 3.8) is 0 Å². The summed E-state index contributed by atoms with van der Waals surface area (Å²) in [6.45, 7) is 2.22. The summed E-state index contributed by atoms with van der Waals surface area (Å²) in [5, 5.41) is -0.113. The third-order valence-corrected chi connectivity index (χ3v) is 3.39. The summed E-state index contributed by atoms with van der Waals surface area (Å²) < 4.78 is 0. The van der Waals surface area contributed by atoms with E-state index in [1.807, 2.05) is 0 Å². The summed E-state index contributed by atoms with van der Waals surface area (Å²) in [6, 6.07) is 0. The van der Waals surface area contributed by atoms with Crippen molar-refractivity contribution in [1.82, 2.24) is 0 Å². The van der Waals surface area contributed by atoms with Gasteiger partial charge in [-0.05, 0) is 36.8 Å². The zero-order valence-electron chi connectivity index (χ0n) is 8.39. The molecule has 1 saturated carbocycles.